The van der Waals surface area contributed by atoms with Gasteiger partial charge in [-0.05, 0) is 98.2 Å². The average molecular weight is 934 g/mol. The summed E-state index contributed by atoms with van der Waals surface area (Å²) in [5.74, 6) is -1.69. The minimum Gasteiger partial charge on any atom is -0.392 e. The van der Waals surface area contributed by atoms with Crippen molar-refractivity contribution in [1.82, 2.24) is 34.2 Å². The number of benzene rings is 2. The van der Waals surface area contributed by atoms with Gasteiger partial charge in [-0.15, -0.1) is 0 Å². The van der Waals surface area contributed by atoms with Crippen molar-refractivity contribution in [3.63, 3.8) is 0 Å². The molecule has 0 bridgehead atoms. The van der Waals surface area contributed by atoms with Crippen LogP contribution < -0.4 is 30.9 Å². The van der Waals surface area contributed by atoms with E-state index in [1.54, 1.807) is 42.5 Å². The van der Waals surface area contributed by atoms with E-state index in [0.717, 1.165) is 68.3 Å². The van der Waals surface area contributed by atoms with E-state index in [4.69, 9.17) is 4.98 Å². The van der Waals surface area contributed by atoms with E-state index >= 15 is 0 Å². The van der Waals surface area contributed by atoms with Gasteiger partial charge in [0.2, 0.25) is 11.8 Å². The first-order valence-corrected chi connectivity index (χ1v) is 23.8. The number of pyridine rings is 1. The topological polar surface area (TPSA) is 199 Å². The van der Waals surface area contributed by atoms with E-state index in [0.29, 0.717) is 53.2 Å². The highest BCUT2D eigenvalue weighted by Crippen LogP contribution is 2.40. The molecule has 3 saturated heterocycles. The maximum atomic E-state index is 14.0. The van der Waals surface area contributed by atoms with E-state index in [1.807, 2.05) is 36.4 Å². The van der Waals surface area contributed by atoms with Crippen LogP contribution in [-0.4, -0.2) is 121 Å². The van der Waals surface area contributed by atoms with Crippen LogP contribution in [-0.2, 0) is 42.6 Å². The number of hydrogen-bond acceptors (Lipinski definition) is 13. The maximum Gasteiger partial charge on any atom is 0.293 e. The summed E-state index contributed by atoms with van der Waals surface area (Å²) in [5, 5.41) is 16.3. The van der Waals surface area contributed by atoms with Crippen molar-refractivity contribution < 1.29 is 29.1 Å². The van der Waals surface area contributed by atoms with Crippen LogP contribution in [0.2, 0.25) is 0 Å². The zero-order valence-corrected chi connectivity index (χ0v) is 39.2. The first-order valence-electron chi connectivity index (χ1n) is 23.8. The third-order valence-corrected chi connectivity index (χ3v) is 15.0. The summed E-state index contributed by atoms with van der Waals surface area (Å²) >= 11 is 0. The Kier molecular flexibility index (Phi) is 10.8. The van der Waals surface area contributed by atoms with Gasteiger partial charge in [-0.3, -0.25) is 48.8 Å². The molecule has 2 aromatic carbocycles. The van der Waals surface area contributed by atoms with Crippen LogP contribution in [0.1, 0.15) is 88.1 Å². The lowest BCUT2D eigenvalue weighted by atomic mass is 9.90. The number of hydrogen-bond donors (Lipinski definition) is 3. The van der Waals surface area contributed by atoms with Gasteiger partial charge in [0.05, 0.1) is 23.4 Å². The summed E-state index contributed by atoms with van der Waals surface area (Å²) in [6.45, 7) is 11.5. The van der Waals surface area contributed by atoms with Crippen molar-refractivity contribution in [2.24, 2.45) is 12.5 Å². The van der Waals surface area contributed by atoms with Gasteiger partial charge >= 0.3 is 0 Å². The van der Waals surface area contributed by atoms with Crippen LogP contribution in [0.15, 0.2) is 71.8 Å². The number of nitrogens with zero attached hydrogens (tertiary/aromatic N) is 9. The number of amides is 5. The number of piperazine rings is 1. The Hall–Kier alpha value is -7.18. The van der Waals surface area contributed by atoms with Gasteiger partial charge in [-0.25, -0.2) is 9.97 Å². The van der Waals surface area contributed by atoms with Crippen LogP contribution in [0.4, 0.5) is 28.7 Å². The highest BCUT2D eigenvalue weighted by atomic mass is 16.3. The van der Waals surface area contributed by atoms with Gasteiger partial charge < -0.3 is 29.4 Å². The molecule has 18 nitrogen and oxygen atoms in total. The molecule has 5 amide bonds. The molecule has 1 aliphatic carbocycles. The zero-order chi connectivity index (χ0) is 48.0. The van der Waals surface area contributed by atoms with Crippen LogP contribution in [0.3, 0.4) is 0 Å². The third-order valence-electron chi connectivity index (χ3n) is 15.0. The van der Waals surface area contributed by atoms with Crippen LogP contribution in [0.25, 0.3) is 11.3 Å². The fourth-order valence-electron chi connectivity index (χ4n) is 11.5. The molecule has 6 aliphatic rings. The summed E-state index contributed by atoms with van der Waals surface area (Å²) in [7, 11) is 1.66. The third kappa shape index (κ3) is 7.65. The number of anilines is 5. The fourth-order valence-corrected chi connectivity index (χ4v) is 11.5. The van der Waals surface area contributed by atoms with E-state index < -0.39 is 29.7 Å². The lowest BCUT2D eigenvalue weighted by Gasteiger charge is -2.43. The first kappa shape index (κ1) is 44.3. The molecule has 5 aliphatic heterocycles. The highest BCUT2D eigenvalue weighted by Gasteiger charge is 2.45. The average Bonchev–Trinajstić information content (AvgIpc) is 4.09. The predicted molar refractivity (Wildman–Crippen MR) is 258 cm³/mol. The number of nitrogens with one attached hydrogen (secondary N) is 2. The van der Waals surface area contributed by atoms with Crippen molar-refractivity contribution in [2.75, 3.05) is 59.3 Å². The standard InChI is InChI=1S/C51H55N11O7/c1-29-25-58(34-14-16-57(26-34)33-9-10-36-37(22-33)48(67)62(47(36)66)40-11-12-43(64)55-46(40)65)17-18-59(29)32-7-5-31(6-8-32)53-44-50(69)56(4)27-39(54-44)35-13-15-52-45(38(35)28-63)61-20-19-60-41(49(61)68)21-30-23-51(2,3)24-42(30)60/h5-10,13,15,21-22,27,29,34,40,63H,11-12,14,16-20,23-26,28H2,1-4H3,(H,53,54)(H,55,64,65)/t29-,34+,40?/m0/s1. The molecule has 0 saturated carbocycles. The number of aryl methyl sites for hydroxylation is 1. The summed E-state index contributed by atoms with van der Waals surface area (Å²) in [5.41, 5.74) is 7.60. The molecule has 11 rings (SSSR count). The molecule has 5 aromatic rings. The second-order valence-electron chi connectivity index (χ2n) is 20.1. The Morgan fingerprint density at radius 3 is 2.38 bits per heavy atom. The smallest absolute Gasteiger partial charge is 0.293 e. The largest absolute Gasteiger partial charge is 0.392 e. The Morgan fingerprint density at radius 2 is 1.61 bits per heavy atom. The molecule has 3 aromatic heterocycles. The molecule has 1 unspecified atom stereocenters. The number of aliphatic hydroxyl groups excluding tert-OH is 1. The van der Waals surface area contributed by atoms with Gasteiger partial charge in [0.25, 0.3) is 23.3 Å². The molecule has 0 radical (unpaired) electrons. The molecule has 3 fully saturated rings. The van der Waals surface area contributed by atoms with E-state index in [1.165, 1.54) is 15.8 Å². The second kappa shape index (κ2) is 16.8. The van der Waals surface area contributed by atoms with Crippen LogP contribution >= 0.6 is 0 Å². The lowest BCUT2D eigenvalue weighted by Crippen LogP contribution is -2.55. The van der Waals surface area contributed by atoms with Gasteiger partial charge in [-0.2, -0.15) is 0 Å². The number of carbonyl (C=O) groups is 5. The number of rotatable bonds is 9. The monoisotopic (exact) mass is 933 g/mol. The van der Waals surface area contributed by atoms with Crippen LogP contribution in [0, 0.1) is 5.41 Å². The van der Waals surface area contributed by atoms with Crippen LogP contribution in [0.5, 0.6) is 0 Å². The predicted octanol–water partition coefficient (Wildman–Crippen LogP) is 3.86. The minimum atomic E-state index is -0.999. The SMILES string of the molecule is C[C@H]1CN([C@@H]2CCN(c3ccc4c(c3)C(=O)N(C3CCC(=O)NC3=O)C4=O)C2)CCN1c1ccc(Nc2nc(-c3ccnc(N4CCn5c(cc6c5CC(C)(C)C6)C4=O)c3CO)cn(C)c2=O)cc1. The Morgan fingerprint density at radius 1 is 0.826 bits per heavy atom. The van der Waals surface area contributed by atoms with Crippen molar-refractivity contribution in [3.05, 3.63) is 111 Å². The van der Waals surface area contributed by atoms with E-state index in [-0.39, 0.29) is 59.3 Å². The molecule has 0 spiro atoms. The van der Waals surface area contributed by atoms with E-state index in [2.05, 4.69) is 55.7 Å². The number of carbonyl (C=O) groups excluding carboxylic acids is 5. The minimum absolute atomic E-state index is 0.0745. The summed E-state index contributed by atoms with van der Waals surface area (Å²) in [6.07, 6.45) is 6.25. The number of fused-ring (bicyclic) bond motifs is 4. The number of piperidine rings is 1. The first-order chi connectivity index (χ1) is 33.2. The molecular weight excluding hydrogens is 879 g/mol. The summed E-state index contributed by atoms with van der Waals surface area (Å²) in [4.78, 5) is 97.7. The molecule has 3 atom stereocenters. The van der Waals surface area contributed by atoms with Gasteiger partial charge in [0.1, 0.15) is 17.6 Å². The number of aromatic nitrogens is 4. The van der Waals surface area contributed by atoms with Gasteiger partial charge in [0.15, 0.2) is 5.82 Å². The fraction of sp³-hybridized carbons (Fsp3) is 0.412. The maximum absolute atomic E-state index is 14.0. The van der Waals surface area contributed by atoms with Crippen molar-refractivity contribution in [2.45, 2.75) is 84.2 Å². The summed E-state index contributed by atoms with van der Waals surface area (Å²) < 4.78 is 3.61. The highest BCUT2D eigenvalue weighted by molar-refractivity contribution is 6.23. The molecule has 18 heteroatoms. The number of imide groups is 2. The normalized spacial score (nSPS) is 22.3. The molecular formula is C51H55N11O7. The van der Waals surface area contributed by atoms with Gasteiger partial charge in [-0.1, -0.05) is 13.8 Å². The van der Waals surface area contributed by atoms with E-state index in [9.17, 15) is 33.9 Å². The van der Waals surface area contributed by atoms with Gasteiger partial charge in [0, 0.05) is 118 Å². The van der Waals surface area contributed by atoms with Crippen molar-refractivity contribution in [1.29, 1.82) is 0 Å². The number of aliphatic hydroxyl groups is 1. The molecule has 3 N–H and O–H groups in total. The zero-order valence-electron chi connectivity index (χ0n) is 39.2. The van der Waals surface area contributed by atoms with Crippen molar-refractivity contribution in [3.8, 4) is 11.3 Å². The lowest BCUT2D eigenvalue weighted by molar-refractivity contribution is -0.136. The molecule has 8 heterocycles. The Bertz CT molecular complexity index is 3050. The molecule has 356 valence electrons. The quantitative estimate of drug-likeness (QED) is 0.181. The molecule has 69 heavy (non-hydrogen) atoms. The summed E-state index contributed by atoms with van der Waals surface area (Å²) in [6, 6.07) is 16.6. The second-order valence-corrected chi connectivity index (χ2v) is 20.1. The van der Waals surface area contributed by atoms with Crippen molar-refractivity contribution >= 4 is 58.2 Å². The Labute approximate surface area is 398 Å². The Balaban J connectivity index is 0.735.